The maximum absolute atomic E-state index is 13.0. The fourth-order valence-corrected chi connectivity index (χ4v) is 2.21. The summed E-state index contributed by atoms with van der Waals surface area (Å²) >= 11 is 0. The number of carbonyl (C=O) groups is 2. The van der Waals surface area contributed by atoms with Crippen LogP contribution in [0, 0.1) is 5.82 Å². The second kappa shape index (κ2) is 7.68. The van der Waals surface area contributed by atoms with Crippen LogP contribution in [-0.4, -0.2) is 28.5 Å². The molecule has 0 aliphatic heterocycles. The zero-order chi connectivity index (χ0) is 17.7. The van der Waals surface area contributed by atoms with E-state index in [1.165, 1.54) is 24.3 Å². The molecule has 0 aliphatic carbocycles. The number of hydrogen-bond donors (Lipinski definition) is 2. The summed E-state index contributed by atoms with van der Waals surface area (Å²) in [7, 11) is 0. The van der Waals surface area contributed by atoms with Gasteiger partial charge in [-0.1, -0.05) is 32.0 Å². The summed E-state index contributed by atoms with van der Waals surface area (Å²) in [6.07, 6.45) is 1.63. The van der Waals surface area contributed by atoms with E-state index < -0.39 is 23.6 Å². The van der Waals surface area contributed by atoms with Crippen molar-refractivity contribution in [3.05, 3.63) is 65.2 Å². The summed E-state index contributed by atoms with van der Waals surface area (Å²) < 4.78 is 13.0. The number of benzene rings is 1. The SMILES string of the molecule is CC(C)c1ccc(C(=O)NCC(C(=O)O)c2ccc(F)cc2)nc1. The van der Waals surface area contributed by atoms with E-state index in [-0.39, 0.29) is 12.2 Å². The Labute approximate surface area is 139 Å². The second-order valence-corrected chi connectivity index (χ2v) is 5.78. The largest absolute Gasteiger partial charge is 0.481 e. The highest BCUT2D eigenvalue weighted by atomic mass is 19.1. The van der Waals surface area contributed by atoms with Crippen molar-refractivity contribution in [3.8, 4) is 0 Å². The van der Waals surface area contributed by atoms with Crippen molar-refractivity contribution in [3.63, 3.8) is 0 Å². The summed E-state index contributed by atoms with van der Waals surface area (Å²) in [6, 6.07) is 8.62. The molecule has 2 N–H and O–H groups in total. The molecule has 1 atom stereocenters. The number of nitrogens with one attached hydrogen (secondary N) is 1. The molecule has 24 heavy (non-hydrogen) atoms. The standard InChI is InChI=1S/C18H19FN2O3/c1-11(2)13-5-8-16(20-9-13)17(22)21-10-15(18(23)24)12-3-6-14(19)7-4-12/h3-9,11,15H,10H2,1-2H3,(H,21,22)(H,23,24). The Hall–Kier alpha value is -2.76. The summed E-state index contributed by atoms with van der Waals surface area (Å²) in [6.45, 7) is 3.95. The number of carboxylic acid groups (broad SMARTS) is 1. The Morgan fingerprint density at radius 2 is 1.75 bits per heavy atom. The number of amides is 1. The van der Waals surface area contributed by atoms with Gasteiger partial charge in [-0.05, 0) is 35.2 Å². The van der Waals surface area contributed by atoms with Gasteiger partial charge in [0.15, 0.2) is 0 Å². The summed E-state index contributed by atoms with van der Waals surface area (Å²) in [4.78, 5) is 27.6. The quantitative estimate of drug-likeness (QED) is 0.853. The van der Waals surface area contributed by atoms with Gasteiger partial charge in [-0.25, -0.2) is 4.39 Å². The number of nitrogens with zero attached hydrogens (tertiary/aromatic N) is 1. The van der Waals surface area contributed by atoms with Crippen LogP contribution >= 0.6 is 0 Å². The number of hydrogen-bond acceptors (Lipinski definition) is 3. The molecule has 0 bridgehead atoms. The normalized spacial score (nSPS) is 12.0. The highest BCUT2D eigenvalue weighted by molar-refractivity contribution is 5.92. The van der Waals surface area contributed by atoms with Gasteiger partial charge in [0.25, 0.3) is 5.91 Å². The molecule has 1 aromatic heterocycles. The van der Waals surface area contributed by atoms with Crippen LogP contribution in [0.4, 0.5) is 4.39 Å². The first-order chi connectivity index (χ1) is 11.4. The van der Waals surface area contributed by atoms with Crippen LogP contribution in [0.2, 0.25) is 0 Å². The minimum absolute atomic E-state index is 0.104. The molecule has 2 aromatic rings. The molecular formula is C18H19FN2O3. The molecule has 126 valence electrons. The lowest BCUT2D eigenvalue weighted by Crippen LogP contribution is -2.32. The van der Waals surface area contributed by atoms with Crippen LogP contribution in [0.3, 0.4) is 0 Å². The highest BCUT2D eigenvalue weighted by Gasteiger charge is 2.21. The van der Waals surface area contributed by atoms with Gasteiger partial charge in [0.2, 0.25) is 0 Å². The van der Waals surface area contributed by atoms with Crippen molar-refractivity contribution < 1.29 is 19.1 Å². The lowest BCUT2D eigenvalue weighted by atomic mass is 9.99. The van der Waals surface area contributed by atoms with Gasteiger partial charge in [-0.15, -0.1) is 0 Å². The Balaban J connectivity index is 2.04. The highest BCUT2D eigenvalue weighted by Crippen LogP contribution is 2.16. The van der Waals surface area contributed by atoms with E-state index in [0.717, 1.165) is 5.56 Å². The molecule has 0 saturated carbocycles. The zero-order valence-corrected chi connectivity index (χ0v) is 13.5. The van der Waals surface area contributed by atoms with Gasteiger partial charge in [0.05, 0.1) is 5.92 Å². The number of rotatable bonds is 6. The molecule has 0 aliphatic rings. The van der Waals surface area contributed by atoms with Crippen LogP contribution in [-0.2, 0) is 4.79 Å². The molecule has 0 radical (unpaired) electrons. The molecule has 2 rings (SSSR count). The van der Waals surface area contributed by atoms with Crippen LogP contribution in [0.15, 0.2) is 42.6 Å². The number of pyridine rings is 1. The minimum Gasteiger partial charge on any atom is -0.481 e. The van der Waals surface area contributed by atoms with Crippen LogP contribution in [0.1, 0.15) is 47.3 Å². The first-order valence-corrected chi connectivity index (χ1v) is 7.61. The topological polar surface area (TPSA) is 79.3 Å². The van der Waals surface area contributed by atoms with Crippen molar-refractivity contribution in [2.75, 3.05) is 6.54 Å². The lowest BCUT2D eigenvalue weighted by Gasteiger charge is -2.14. The van der Waals surface area contributed by atoms with E-state index >= 15 is 0 Å². The van der Waals surface area contributed by atoms with Gasteiger partial charge < -0.3 is 10.4 Å². The summed E-state index contributed by atoms with van der Waals surface area (Å²) in [5, 5.41) is 11.9. The van der Waals surface area contributed by atoms with Crippen LogP contribution < -0.4 is 5.32 Å². The number of carbonyl (C=O) groups excluding carboxylic acids is 1. The maximum atomic E-state index is 13.0. The lowest BCUT2D eigenvalue weighted by molar-refractivity contribution is -0.138. The summed E-state index contributed by atoms with van der Waals surface area (Å²) in [5.41, 5.74) is 1.66. The first-order valence-electron chi connectivity index (χ1n) is 7.61. The van der Waals surface area contributed by atoms with Gasteiger partial charge in [-0.3, -0.25) is 14.6 Å². The van der Waals surface area contributed by atoms with Crippen molar-refractivity contribution >= 4 is 11.9 Å². The Bertz CT molecular complexity index is 712. The van der Waals surface area contributed by atoms with Crippen molar-refractivity contribution in [1.82, 2.24) is 10.3 Å². The molecule has 1 aromatic carbocycles. The molecule has 5 nitrogen and oxygen atoms in total. The average molecular weight is 330 g/mol. The molecule has 0 spiro atoms. The fraction of sp³-hybridized carbons (Fsp3) is 0.278. The molecule has 1 heterocycles. The van der Waals surface area contributed by atoms with Gasteiger partial charge in [0, 0.05) is 12.7 Å². The van der Waals surface area contributed by atoms with Gasteiger partial charge in [0.1, 0.15) is 11.5 Å². The van der Waals surface area contributed by atoms with E-state index in [4.69, 9.17) is 0 Å². The Morgan fingerprint density at radius 1 is 1.12 bits per heavy atom. The monoisotopic (exact) mass is 330 g/mol. The zero-order valence-electron chi connectivity index (χ0n) is 13.5. The molecular weight excluding hydrogens is 311 g/mol. The third-order valence-electron chi connectivity index (χ3n) is 3.72. The predicted molar refractivity (Wildman–Crippen MR) is 87.4 cm³/mol. The third-order valence-corrected chi connectivity index (χ3v) is 3.72. The first kappa shape index (κ1) is 17.6. The van der Waals surface area contributed by atoms with E-state index in [2.05, 4.69) is 10.3 Å². The van der Waals surface area contributed by atoms with E-state index in [1.807, 2.05) is 19.9 Å². The third kappa shape index (κ3) is 4.38. The van der Waals surface area contributed by atoms with E-state index in [1.54, 1.807) is 12.3 Å². The molecule has 1 amide bonds. The molecule has 6 heteroatoms. The number of aromatic nitrogens is 1. The van der Waals surface area contributed by atoms with Gasteiger partial charge >= 0.3 is 5.97 Å². The van der Waals surface area contributed by atoms with Crippen LogP contribution in [0.5, 0.6) is 0 Å². The number of halogens is 1. The smallest absolute Gasteiger partial charge is 0.312 e. The van der Waals surface area contributed by atoms with Gasteiger partial charge in [-0.2, -0.15) is 0 Å². The van der Waals surface area contributed by atoms with Crippen molar-refractivity contribution in [2.24, 2.45) is 0 Å². The molecule has 1 unspecified atom stereocenters. The molecule has 0 fully saturated rings. The fourth-order valence-electron chi connectivity index (χ4n) is 2.21. The maximum Gasteiger partial charge on any atom is 0.312 e. The average Bonchev–Trinajstić information content (AvgIpc) is 2.56. The van der Waals surface area contributed by atoms with Crippen molar-refractivity contribution in [1.29, 1.82) is 0 Å². The number of carboxylic acids is 1. The summed E-state index contributed by atoms with van der Waals surface area (Å²) in [5.74, 6) is -2.63. The van der Waals surface area contributed by atoms with E-state index in [9.17, 15) is 19.1 Å². The second-order valence-electron chi connectivity index (χ2n) is 5.78. The predicted octanol–water partition coefficient (Wildman–Crippen LogP) is 2.94. The Morgan fingerprint density at radius 3 is 2.25 bits per heavy atom. The Kier molecular flexibility index (Phi) is 5.63. The van der Waals surface area contributed by atoms with Crippen LogP contribution in [0.25, 0.3) is 0 Å². The molecule has 0 saturated heterocycles. The van der Waals surface area contributed by atoms with Crippen molar-refractivity contribution in [2.45, 2.75) is 25.7 Å². The van der Waals surface area contributed by atoms with E-state index in [0.29, 0.717) is 11.5 Å². The minimum atomic E-state index is -1.09. The number of aliphatic carboxylic acids is 1.